The SMILES string of the molecule is CC(C)CC(N)CNc1cc(OC(C)C)ncn1. The second-order valence-electron chi connectivity index (χ2n) is 5.18. The Labute approximate surface area is 109 Å². The van der Waals surface area contributed by atoms with E-state index in [1.165, 1.54) is 6.33 Å². The topological polar surface area (TPSA) is 73.1 Å². The maximum atomic E-state index is 6.00. The van der Waals surface area contributed by atoms with Crippen molar-refractivity contribution in [2.45, 2.75) is 46.3 Å². The Morgan fingerprint density at radius 2 is 2.00 bits per heavy atom. The van der Waals surface area contributed by atoms with Gasteiger partial charge < -0.3 is 15.8 Å². The summed E-state index contributed by atoms with van der Waals surface area (Å²) < 4.78 is 5.50. The zero-order valence-electron chi connectivity index (χ0n) is 11.7. The average Bonchev–Trinajstić information content (AvgIpc) is 2.25. The highest BCUT2D eigenvalue weighted by Crippen LogP contribution is 2.12. The fourth-order valence-corrected chi connectivity index (χ4v) is 1.67. The highest BCUT2D eigenvalue weighted by atomic mass is 16.5. The van der Waals surface area contributed by atoms with Crippen LogP contribution in [-0.2, 0) is 0 Å². The lowest BCUT2D eigenvalue weighted by Crippen LogP contribution is -2.30. The second kappa shape index (κ2) is 7.16. The lowest BCUT2D eigenvalue weighted by molar-refractivity contribution is 0.232. The number of nitrogens with two attached hydrogens (primary N) is 1. The van der Waals surface area contributed by atoms with E-state index in [9.17, 15) is 0 Å². The van der Waals surface area contributed by atoms with Crippen molar-refractivity contribution in [2.75, 3.05) is 11.9 Å². The summed E-state index contributed by atoms with van der Waals surface area (Å²) in [6.07, 6.45) is 2.59. The summed E-state index contributed by atoms with van der Waals surface area (Å²) in [5.41, 5.74) is 6.00. The Balaban J connectivity index is 2.47. The normalized spacial score (nSPS) is 12.8. The first-order valence-electron chi connectivity index (χ1n) is 6.45. The molecule has 0 saturated carbocycles. The smallest absolute Gasteiger partial charge is 0.218 e. The van der Waals surface area contributed by atoms with Crippen molar-refractivity contribution in [3.63, 3.8) is 0 Å². The van der Waals surface area contributed by atoms with E-state index in [2.05, 4.69) is 29.1 Å². The monoisotopic (exact) mass is 252 g/mol. The van der Waals surface area contributed by atoms with E-state index in [4.69, 9.17) is 10.5 Å². The van der Waals surface area contributed by atoms with E-state index >= 15 is 0 Å². The van der Waals surface area contributed by atoms with Gasteiger partial charge in [-0.15, -0.1) is 0 Å². The van der Waals surface area contributed by atoms with Crippen LogP contribution in [0.4, 0.5) is 5.82 Å². The van der Waals surface area contributed by atoms with Crippen molar-refractivity contribution < 1.29 is 4.74 Å². The number of nitrogens with zero attached hydrogens (tertiary/aromatic N) is 2. The van der Waals surface area contributed by atoms with Crippen LogP contribution in [0.25, 0.3) is 0 Å². The van der Waals surface area contributed by atoms with Crippen LogP contribution < -0.4 is 15.8 Å². The second-order valence-corrected chi connectivity index (χ2v) is 5.18. The fraction of sp³-hybridized carbons (Fsp3) is 0.692. The first-order valence-corrected chi connectivity index (χ1v) is 6.45. The van der Waals surface area contributed by atoms with E-state index in [0.717, 1.165) is 12.2 Å². The molecule has 0 bridgehead atoms. The minimum Gasteiger partial charge on any atom is -0.475 e. The van der Waals surface area contributed by atoms with Gasteiger partial charge in [-0.2, -0.15) is 0 Å². The van der Waals surface area contributed by atoms with Crippen LogP contribution in [0.2, 0.25) is 0 Å². The van der Waals surface area contributed by atoms with Gasteiger partial charge >= 0.3 is 0 Å². The number of rotatable bonds is 7. The maximum Gasteiger partial charge on any atom is 0.218 e. The number of ether oxygens (including phenoxy) is 1. The molecule has 5 nitrogen and oxygen atoms in total. The third-order valence-electron chi connectivity index (χ3n) is 2.32. The predicted molar refractivity (Wildman–Crippen MR) is 73.7 cm³/mol. The summed E-state index contributed by atoms with van der Waals surface area (Å²) in [4.78, 5) is 8.19. The van der Waals surface area contributed by atoms with E-state index in [1.54, 1.807) is 6.07 Å². The van der Waals surface area contributed by atoms with Gasteiger partial charge in [-0.25, -0.2) is 9.97 Å². The van der Waals surface area contributed by atoms with Gasteiger partial charge in [0.25, 0.3) is 0 Å². The molecule has 102 valence electrons. The van der Waals surface area contributed by atoms with E-state index < -0.39 is 0 Å². The van der Waals surface area contributed by atoms with Crippen LogP contribution in [0.3, 0.4) is 0 Å². The molecule has 0 amide bonds. The molecule has 0 spiro atoms. The largest absolute Gasteiger partial charge is 0.475 e. The molecule has 0 aliphatic heterocycles. The third kappa shape index (κ3) is 5.82. The van der Waals surface area contributed by atoms with Gasteiger partial charge in [0.05, 0.1) is 6.10 Å². The standard InChI is InChI=1S/C13H24N4O/c1-9(2)5-11(14)7-15-12-6-13(17-8-16-12)18-10(3)4/h6,8-11H,5,7,14H2,1-4H3,(H,15,16,17). The van der Waals surface area contributed by atoms with Crippen LogP contribution in [-0.4, -0.2) is 28.7 Å². The van der Waals surface area contributed by atoms with Gasteiger partial charge in [-0.1, -0.05) is 13.8 Å². The summed E-state index contributed by atoms with van der Waals surface area (Å²) in [7, 11) is 0. The van der Waals surface area contributed by atoms with Crippen LogP contribution in [0.1, 0.15) is 34.1 Å². The number of hydrogen-bond acceptors (Lipinski definition) is 5. The minimum atomic E-state index is 0.107. The molecule has 3 N–H and O–H groups in total. The molecule has 0 radical (unpaired) electrons. The zero-order chi connectivity index (χ0) is 13.5. The van der Waals surface area contributed by atoms with Crippen molar-refractivity contribution in [3.05, 3.63) is 12.4 Å². The molecule has 18 heavy (non-hydrogen) atoms. The van der Waals surface area contributed by atoms with Crippen molar-refractivity contribution in [3.8, 4) is 5.88 Å². The summed E-state index contributed by atoms with van der Waals surface area (Å²) in [6.45, 7) is 8.97. The predicted octanol–water partition coefficient (Wildman–Crippen LogP) is 2.05. The Hall–Kier alpha value is -1.36. The number of anilines is 1. The summed E-state index contributed by atoms with van der Waals surface area (Å²) in [5, 5.41) is 3.21. The molecule has 0 aliphatic rings. The quantitative estimate of drug-likeness (QED) is 0.777. The molecule has 1 unspecified atom stereocenters. The molecule has 1 aromatic rings. The highest BCUT2D eigenvalue weighted by molar-refractivity contribution is 5.37. The lowest BCUT2D eigenvalue weighted by Gasteiger charge is -2.15. The molecule has 0 aromatic carbocycles. The van der Waals surface area contributed by atoms with Crippen molar-refractivity contribution in [2.24, 2.45) is 11.7 Å². The van der Waals surface area contributed by atoms with E-state index in [-0.39, 0.29) is 12.1 Å². The third-order valence-corrected chi connectivity index (χ3v) is 2.32. The number of aromatic nitrogens is 2. The van der Waals surface area contributed by atoms with Crippen LogP contribution in [0.5, 0.6) is 5.88 Å². The molecule has 0 fully saturated rings. The summed E-state index contributed by atoms with van der Waals surface area (Å²) in [6, 6.07) is 1.93. The lowest BCUT2D eigenvalue weighted by atomic mass is 10.0. The van der Waals surface area contributed by atoms with Gasteiger partial charge in [0, 0.05) is 18.7 Å². The highest BCUT2D eigenvalue weighted by Gasteiger charge is 2.06. The Morgan fingerprint density at radius 3 is 2.61 bits per heavy atom. The first-order chi connectivity index (χ1) is 8.47. The maximum absolute atomic E-state index is 6.00. The Bertz CT molecular complexity index is 355. The molecule has 0 aliphatic carbocycles. The van der Waals surface area contributed by atoms with Crippen molar-refractivity contribution in [1.82, 2.24) is 9.97 Å². The molecule has 1 rings (SSSR count). The van der Waals surface area contributed by atoms with Gasteiger partial charge in [-0.3, -0.25) is 0 Å². The molecule has 5 heteroatoms. The summed E-state index contributed by atoms with van der Waals surface area (Å²) in [5.74, 6) is 1.94. The average molecular weight is 252 g/mol. The molecule has 1 aromatic heterocycles. The van der Waals surface area contributed by atoms with Crippen LogP contribution >= 0.6 is 0 Å². The molecular weight excluding hydrogens is 228 g/mol. The fourth-order valence-electron chi connectivity index (χ4n) is 1.67. The first kappa shape index (κ1) is 14.7. The number of nitrogens with one attached hydrogen (secondary N) is 1. The Morgan fingerprint density at radius 1 is 1.28 bits per heavy atom. The van der Waals surface area contributed by atoms with Gasteiger partial charge in [-0.05, 0) is 26.2 Å². The van der Waals surface area contributed by atoms with Gasteiger partial charge in [0.15, 0.2) is 0 Å². The van der Waals surface area contributed by atoms with E-state index in [1.807, 2.05) is 13.8 Å². The van der Waals surface area contributed by atoms with Crippen molar-refractivity contribution >= 4 is 5.82 Å². The molecule has 0 saturated heterocycles. The van der Waals surface area contributed by atoms with Gasteiger partial charge in [0.1, 0.15) is 12.1 Å². The Kier molecular flexibility index (Phi) is 5.85. The van der Waals surface area contributed by atoms with E-state index in [0.29, 0.717) is 18.3 Å². The van der Waals surface area contributed by atoms with Crippen LogP contribution in [0.15, 0.2) is 12.4 Å². The number of hydrogen-bond donors (Lipinski definition) is 2. The minimum absolute atomic E-state index is 0.107. The molecular formula is C13H24N4O. The zero-order valence-corrected chi connectivity index (χ0v) is 11.7. The van der Waals surface area contributed by atoms with Crippen molar-refractivity contribution in [1.29, 1.82) is 0 Å². The molecule has 1 atom stereocenters. The summed E-state index contributed by atoms with van der Waals surface area (Å²) >= 11 is 0. The molecule has 1 heterocycles. The van der Waals surface area contributed by atoms with Crippen LogP contribution in [0, 0.1) is 5.92 Å². The van der Waals surface area contributed by atoms with Gasteiger partial charge in [0.2, 0.25) is 5.88 Å².